The molecule has 104 valence electrons. The van der Waals surface area contributed by atoms with Gasteiger partial charge in [-0.3, -0.25) is 0 Å². The Morgan fingerprint density at radius 2 is 1.78 bits per heavy atom. The van der Waals surface area contributed by atoms with E-state index in [1.165, 1.54) is 54.9 Å². The summed E-state index contributed by atoms with van der Waals surface area (Å²) in [5, 5.41) is 4.18. The largest absolute Gasteiger partial charge is 0.323 e. The molecule has 0 bridgehead atoms. The molecule has 2 N–H and O–H groups in total. The monoisotopic (exact) mass is 269 g/mol. The zero-order valence-electron chi connectivity index (χ0n) is 11.8. The van der Waals surface area contributed by atoms with Crippen molar-refractivity contribution in [3.8, 4) is 0 Å². The Kier molecular flexibility index (Phi) is 8.18. The molecule has 0 aromatic carbocycles. The fraction of sp³-hybridized carbons (Fsp3) is 0.857. The van der Waals surface area contributed by atoms with Gasteiger partial charge in [0.25, 0.3) is 0 Å². The van der Waals surface area contributed by atoms with Crippen molar-refractivity contribution < 1.29 is 0 Å². The van der Waals surface area contributed by atoms with Crippen LogP contribution in [0.4, 0.5) is 0 Å². The van der Waals surface area contributed by atoms with Crippen LogP contribution in [0.15, 0.2) is 0 Å². The third-order valence-corrected chi connectivity index (χ3v) is 4.18. The summed E-state index contributed by atoms with van der Waals surface area (Å²) in [5.74, 6) is 0. The van der Waals surface area contributed by atoms with Crippen molar-refractivity contribution in [2.45, 2.75) is 77.7 Å². The fourth-order valence-electron chi connectivity index (χ4n) is 2.18. The van der Waals surface area contributed by atoms with Gasteiger partial charge >= 0.3 is 0 Å². The van der Waals surface area contributed by atoms with E-state index >= 15 is 0 Å². The standard InChI is InChI=1S/C14H27N3S/c1-3-5-6-7-8-9-11-12(15)14-13(10-4-2)16-17-18-14/h12H,3-11,15H2,1-2H3. The molecule has 1 atom stereocenters. The predicted octanol–water partition coefficient (Wildman–Crippen LogP) is 4.24. The lowest BCUT2D eigenvalue weighted by Crippen LogP contribution is -2.10. The summed E-state index contributed by atoms with van der Waals surface area (Å²) in [6.07, 6.45) is 11.1. The van der Waals surface area contributed by atoms with Crippen molar-refractivity contribution in [2.24, 2.45) is 5.73 Å². The summed E-state index contributed by atoms with van der Waals surface area (Å²) in [6.45, 7) is 4.42. The van der Waals surface area contributed by atoms with Gasteiger partial charge in [0.1, 0.15) is 0 Å². The first kappa shape index (κ1) is 15.6. The van der Waals surface area contributed by atoms with E-state index in [4.69, 9.17) is 5.73 Å². The van der Waals surface area contributed by atoms with Crippen LogP contribution in [0.2, 0.25) is 0 Å². The number of nitrogens with two attached hydrogens (primary N) is 1. The lowest BCUT2D eigenvalue weighted by atomic mass is 10.0. The van der Waals surface area contributed by atoms with Crippen molar-refractivity contribution in [3.05, 3.63) is 10.6 Å². The molecule has 0 amide bonds. The van der Waals surface area contributed by atoms with Crippen molar-refractivity contribution in [2.75, 3.05) is 0 Å². The van der Waals surface area contributed by atoms with Crippen LogP contribution in [0, 0.1) is 0 Å². The second-order valence-corrected chi connectivity index (χ2v) is 5.78. The highest BCUT2D eigenvalue weighted by molar-refractivity contribution is 7.05. The first-order valence-corrected chi connectivity index (χ1v) is 8.13. The van der Waals surface area contributed by atoms with Gasteiger partial charge in [0.15, 0.2) is 0 Å². The van der Waals surface area contributed by atoms with Crippen LogP contribution in [0.25, 0.3) is 0 Å². The maximum absolute atomic E-state index is 6.24. The number of nitrogens with zero attached hydrogens (tertiary/aromatic N) is 2. The van der Waals surface area contributed by atoms with E-state index in [0.717, 1.165) is 25.0 Å². The predicted molar refractivity (Wildman–Crippen MR) is 78.8 cm³/mol. The minimum Gasteiger partial charge on any atom is -0.323 e. The van der Waals surface area contributed by atoms with Crippen LogP contribution in [0.1, 0.15) is 81.8 Å². The summed E-state index contributed by atoms with van der Waals surface area (Å²) in [4.78, 5) is 1.21. The van der Waals surface area contributed by atoms with E-state index in [1.54, 1.807) is 0 Å². The molecule has 0 fully saturated rings. The smallest absolute Gasteiger partial charge is 0.0803 e. The van der Waals surface area contributed by atoms with E-state index < -0.39 is 0 Å². The Hall–Kier alpha value is -0.480. The Balaban J connectivity index is 2.23. The van der Waals surface area contributed by atoms with Gasteiger partial charge in [0.05, 0.1) is 10.6 Å². The number of aromatic nitrogens is 2. The molecule has 1 aromatic rings. The molecule has 0 aliphatic carbocycles. The minimum absolute atomic E-state index is 0.151. The van der Waals surface area contributed by atoms with Crippen molar-refractivity contribution in [1.29, 1.82) is 0 Å². The third kappa shape index (κ3) is 5.44. The Morgan fingerprint density at radius 1 is 1.06 bits per heavy atom. The molecule has 3 nitrogen and oxygen atoms in total. The zero-order chi connectivity index (χ0) is 13.2. The van der Waals surface area contributed by atoms with Crippen molar-refractivity contribution >= 4 is 11.5 Å². The van der Waals surface area contributed by atoms with Crippen LogP contribution >= 0.6 is 11.5 Å². The molecule has 1 unspecified atom stereocenters. The maximum Gasteiger partial charge on any atom is 0.0803 e. The fourth-order valence-corrected chi connectivity index (χ4v) is 2.91. The molecule has 18 heavy (non-hydrogen) atoms. The van der Waals surface area contributed by atoms with Gasteiger partial charge in [-0.1, -0.05) is 63.3 Å². The molecule has 1 heterocycles. The number of unbranched alkanes of at least 4 members (excludes halogenated alkanes) is 5. The molecule has 0 saturated heterocycles. The lowest BCUT2D eigenvalue weighted by molar-refractivity contribution is 0.548. The maximum atomic E-state index is 6.24. The summed E-state index contributed by atoms with van der Waals surface area (Å²) < 4.78 is 4.04. The number of rotatable bonds is 10. The highest BCUT2D eigenvalue weighted by Crippen LogP contribution is 2.24. The SMILES string of the molecule is CCCCCCCCC(N)c1snnc1CCC. The Morgan fingerprint density at radius 3 is 2.50 bits per heavy atom. The van der Waals surface area contributed by atoms with Crippen LogP contribution in [-0.2, 0) is 6.42 Å². The van der Waals surface area contributed by atoms with Crippen molar-refractivity contribution in [1.82, 2.24) is 9.59 Å². The minimum atomic E-state index is 0.151. The van der Waals surface area contributed by atoms with Gasteiger partial charge in [-0.25, -0.2) is 0 Å². The lowest BCUT2D eigenvalue weighted by Gasteiger charge is -2.10. The number of hydrogen-bond acceptors (Lipinski definition) is 4. The van der Waals surface area contributed by atoms with Gasteiger partial charge < -0.3 is 5.73 Å². The topological polar surface area (TPSA) is 51.8 Å². The Labute approximate surface area is 115 Å². The first-order chi connectivity index (χ1) is 8.79. The molecule has 0 saturated carbocycles. The molecule has 0 spiro atoms. The number of aryl methyl sites for hydroxylation is 1. The van der Waals surface area contributed by atoms with Crippen LogP contribution in [0.3, 0.4) is 0 Å². The third-order valence-electron chi connectivity index (χ3n) is 3.28. The Bertz CT molecular complexity index is 312. The van der Waals surface area contributed by atoms with Crippen molar-refractivity contribution in [3.63, 3.8) is 0 Å². The molecular formula is C14H27N3S. The van der Waals surface area contributed by atoms with Gasteiger partial charge in [-0.05, 0) is 24.4 Å². The second-order valence-electron chi connectivity index (χ2n) is 5.00. The first-order valence-electron chi connectivity index (χ1n) is 7.36. The molecule has 0 aliphatic heterocycles. The molecular weight excluding hydrogens is 242 g/mol. The van der Waals surface area contributed by atoms with Crippen LogP contribution in [0.5, 0.6) is 0 Å². The average Bonchev–Trinajstić information content (AvgIpc) is 2.82. The van der Waals surface area contributed by atoms with E-state index in [-0.39, 0.29) is 6.04 Å². The van der Waals surface area contributed by atoms with E-state index in [0.29, 0.717) is 0 Å². The molecule has 0 aliphatic rings. The normalized spacial score (nSPS) is 12.8. The molecule has 0 radical (unpaired) electrons. The van der Waals surface area contributed by atoms with Gasteiger partial charge in [-0.2, -0.15) is 0 Å². The summed E-state index contributed by atoms with van der Waals surface area (Å²) in [7, 11) is 0. The highest BCUT2D eigenvalue weighted by Gasteiger charge is 2.14. The van der Waals surface area contributed by atoms with Gasteiger partial charge in [0, 0.05) is 6.04 Å². The van der Waals surface area contributed by atoms with E-state index in [2.05, 4.69) is 23.4 Å². The highest BCUT2D eigenvalue weighted by atomic mass is 32.1. The van der Waals surface area contributed by atoms with E-state index in [1.807, 2.05) is 0 Å². The quantitative estimate of drug-likeness (QED) is 0.646. The van der Waals surface area contributed by atoms with Crippen LogP contribution < -0.4 is 5.73 Å². The molecule has 1 rings (SSSR count). The molecule has 1 aromatic heterocycles. The van der Waals surface area contributed by atoms with Crippen LogP contribution in [-0.4, -0.2) is 9.59 Å². The summed E-state index contributed by atoms with van der Waals surface area (Å²) in [5.41, 5.74) is 7.37. The van der Waals surface area contributed by atoms with Gasteiger partial charge in [-0.15, -0.1) is 5.10 Å². The van der Waals surface area contributed by atoms with E-state index in [9.17, 15) is 0 Å². The molecule has 4 heteroatoms. The zero-order valence-corrected chi connectivity index (χ0v) is 12.6. The number of hydrogen-bond donors (Lipinski definition) is 1. The summed E-state index contributed by atoms with van der Waals surface area (Å²) >= 11 is 1.48. The second kappa shape index (κ2) is 9.45. The summed E-state index contributed by atoms with van der Waals surface area (Å²) in [6, 6.07) is 0.151. The van der Waals surface area contributed by atoms with Gasteiger partial charge in [0.2, 0.25) is 0 Å². The average molecular weight is 269 g/mol.